The van der Waals surface area contributed by atoms with Crippen LogP contribution >= 0.6 is 0 Å². The number of ether oxygens (including phenoxy) is 1. The summed E-state index contributed by atoms with van der Waals surface area (Å²) in [5.74, 6) is -0.108. The van der Waals surface area contributed by atoms with Crippen molar-refractivity contribution < 1.29 is 9.53 Å². The third-order valence-corrected chi connectivity index (χ3v) is 2.82. The lowest BCUT2D eigenvalue weighted by atomic mass is 10.1. The van der Waals surface area contributed by atoms with Crippen molar-refractivity contribution in [2.24, 2.45) is 0 Å². The van der Waals surface area contributed by atoms with E-state index in [0.717, 1.165) is 24.9 Å². The van der Waals surface area contributed by atoms with Crippen molar-refractivity contribution in [3.8, 4) is 0 Å². The van der Waals surface area contributed by atoms with Crippen molar-refractivity contribution in [2.45, 2.75) is 31.9 Å². The number of rotatable bonds is 4. The standard InChI is InChI=1S/C13H17NO2/c15-13(9-12-7-4-8-14-12)16-10-11-5-2-1-3-6-11/h1-3,5-6,12,14H,4,7-10H2. The number of hydrogen-bond donors (Lipinski definition) is 1. The number of esters is 1. The maximum atomic E-state index is 11.5. The summed E-state index contributed by atoms with van der Waals surface area (Å²) >= 11 is 0. The van der Waals surface area contributed by atoms with E-state index in [2.05, 4.69) is 5.32 Å². The summed E-state index contributed by atoms with van der Waals surface area (Å²) in [6.07, 6.45) is 2.74. The van der Waals surface area contributed by atoms with Gasteiger partial charge in [-0.05, 0) is 24.9 Å². The van der Waals surface area contributed by atoms with Gasteiger partial charge in [-0.25, -0.2) is 0 Å². The van der Waals surface area contributed by atoms with E-state index in [1.165, 1.54) is 0 Å². The van der Waals surface area contributed by atoms with Crippen molar-refractivity contribution >= 4 is 5.97 Å². The molecular weight excluding hydrogens is 202 g/mol. The molecule has 1 atom stereocenters. The first-order valence-electron chi connectivity index (χ1n) is 5.77. The molecule has 0 aromatic heterocycles. The van der Waals surface area contributed by atoms with Crippen molar-refractivity contribution in [3.63, 3.8) is 0 Å². The molecule has 1 aliphatic rings. The van der Waals surface area contributed by atoms with Gasteiger partial charge in [0.05, 0.1) is 6.42 Å². The monoisotopic (exact) mass is 219 g/mol. The minimum absolute atomic E-state index is 0.108. The average Bonchev–Trinajstić information content (AvgIpc) is 2.81. The first kappa shape index (κ1) is 11.1. The molecule has 0 spiro atoms. The number of hydrogen-bond acceptors (Lipinski definition) is 3. The van der Waals surface area contributed by atoms with Crippen molar-refractivity contribution in [2.75, 3.05) is 6.54 Å². The van der Waals surface area contributed by atoms with Gasteiger partial charge in [-0.15, -0.1) is 0 Å². The van der Waals surface area contributed by atoms with Crippen LogP contribution in [0.1, 0.15) is 24.8 Å². The van der Waals surface area contributed by atoms with Crippen molar-refractivity contribution in [3.05, 3.63) is 35.9 Å². The Hall–Kier alpha value is -1.35. The van der Waals surface area contributed by atoms with Crippen LogP contribution in [0.4, 0.5) is 0 Å². The molecule has 1 fully saturated rings. The van der Waals surface area contributed by atoms with Gasteiger partial charge in [-0.1, -0.05) is 30.3 Å². The molecule has 0 bridgehead atoms. The highest BCUT2D eigenvalue weighted by Crippen LogP contribution is 2.10. The van der Waals surface area contributed by atoms with Crippen molar-refractivity contribution in [1.29, 1.82) is 0 Å². The Bertz CT molecular complexity index is 331. The second-order valence-corrected chi connectivity index (χ2v) is 4.14. The van der Waals surface area contributed by atoms with E-state index < -0.39 is 0 Å². The summed E-state index contributed by atoms with van der Waals surface area (Å²) in [4.78, 5) is 11.5. The molecule has 3 nitrogen and oxygen atoms in total. The summed E-state index contributed by atoms with van der Waals surface area (Å²) < 4.78 is 5.21. The van der Waals surface area contributed by atoms with Crippen LogP contribution in [0.5, 0.6) is 0 Å². The van der Waals surface area contributed by atoms with E-state index in [1.807, 2.05) is 30.3 Å². The van der Waals surface area contributed by atoms with E-state index in [1.54, 1.807) is 0 Å². The Morgan fingerprint density at radius 1 is 1.38 bits per heavy atom. The average molecular weight is 219 g/mol. The Balaban J connectivity index is 1.71. The topological polar surface area (TPSA) is 38.3 Å². The van der Waals surface area contributed by atoms with Crippen LogP contribution in [0.25, 0.3) is 0 Å². The molecule has 1 saturated heterocycles. The van der Waals surface area contributed by atoms with Crippen LogP contribution < -0.4 is 5.32 Å². The predicted molar refractivity (Wildman–Crippen MR) is 61.9 cm³/mol. The molecule has 3 heteroatoms. The fraction of sp³-hybridized carbons (Fsp3) is 0.462. The lowest BCUT2D eigenvalue weighted by Gasteiger charge is -2.09. The molecule has 86 valence electrons. The zero-order valence-electron chi connectivity index (χ0n) is 9.32. The zero-order valence-corrected chi connectivity index (χ0v) is 9.32. The quantitative estimate of drug-likeness (QED) is 0.786. The van der Waals surface area contributed by atoms with E-state index in [-0.39, 0.29) is 5.97 Å². The van der Waals surface area contributed by atoms with E-state index in [9.17, 15) is 4.79 Å². The Morgan fingerprint density at radius 3 is 2.88 bits per heavy atom. The number of benzene rings is 1. The van der Waals surface area contributed by atoms with Crippen LogP contribution in [0.3, 0.4) is 0 Å². The van der Waals surface area contributed by atoms with Crippen molar-refractivity contribution in [1.82, 2.24) is 5.32 Å². The van der Waals surface area contributed by atoms with Crippen LogP contribution in [0.2, 0.25) is 0 Å². The van der Waals surface area contributed by atoms with E-state index >= 15 is 0 Å². The maximum Gasteiger partial charge on any atom is 0.307 e. The second kappa shape index (κ2) is 5.66. The molecule has 2 rings (SSSR count). The van der Waals surface area contributed by atoms with E-state index in [0.29, 0.717) is 19.1 Å². The minimum atomic E-state index is -0.108. The van der Waals surface area contributed by atoms with E-state index in [4.69, 9.17) is 4.74 Å². The molecule has 0 aliphatic carbocycles. The number of nitrogens with one attached hydrogen (secondary N) is 1. The summed E-state index contributed by atoms with van der Waals surface area (Å²) in [5.41, 5.74) is 1.04. The number of carbonyl (C=O) groups excluding carboxylic acids is 1. The summed E-state index contributed by atoms with van der Waals surface area (Å²) in [7, 11) is 0. The Morgan fingerprint density at radius 2 is 2.19 bits per heavy atom. The lowest BCUT2D eigenvalue weighted by molar-refractivity contribution is -0.145. The Labute approximate surface area is 95.8 Å². The number of carbonyl (C=O) groups is 1. The van der Waals surface area contributed by atoms with Gasteiger partial charge in [0.1, 0.15) is 6.61 Å². The molecule has 1 aromatic rings. The van der Waals surface area contributed by atoms with Crippen LogP contribution in [-0.4, -0.2) is 18.6 Å². The van der Waals surface area contributed by atoms with Crippen LogP contribution in [0.15, 0.2) is 30.3 Å². The lowest BCUT2D eigenvalue weighted by Crippen LogP contribution is -2.25. The fourth-order valence-electron chi connectivity index (χ4n) is 1.93. The molecule has 1 unspecified atom stereocenters. The largest absolute Gasteiger partial charge is 0.461 e. The van der Waals surface area contributed by atoms with Gasteiger partial charge in [0, 0.05) is 6.04 Å². The maximum absolute atomic E-state index is 11.5. The molecule has 1 heterocycles. The van der Waals surface area contributed by atoms with Crippen LogP contribution in [-0.2, 0) is 16.1 Å². The summed E-state index contributed by atoms with van der Waals surface area (Å²) in [6.45, 7) is 1.41. The molecule has 1 aromatic carbocycles. The molecule has 1 N–H and O–H groups in total. The Kier molecular flexibility index (Phi) is 3.94. The van der Waals surface area contributed by atoms with Crippen LogP contribution in [0, 0.1) is 0 Å². The fourth-order valence-corrected chi connectivity index (χ4v) is 1.93. The zero-order chi connectivity index (χ0) is 11.2. The smallest absolute Gasteiger partial charge is 0.307 e. The van der Waals surface area contributed by atoms with Gasteiger partial charge in [0.2, 0.25) is 0 Å². The first-order valence-corrected chi connectivity index (χ1v) is 5.77. The molecule has 16 heavy (non-hydrogen) atoms. The predicted octanol–water partition coefficient (Wildman–Crippen LogP) is 1.87. The van der Waals surface area contributed by atoms with Gasteiger partial charge < -0.3 is 10.1 Å². The molecular formula is C13H17NO2. The minimum Gasteiger partial charge on any atom is -0.461 e. The normalized spacial score (nSPS) is 19.6. The van der Waals surface area contributed by atoms with Gasteiger partial charge in [-0.2, -0.15) is 0 Å². The second-order valence-electron chi connectivity index (χ2n) is 4.14. The molecule has 0 radical (unpaired) electrons. The third kappa shape index (κ3) is 3.35. The molecule has 1 aliphatic heterocycles. The van der Waals surface area contributed by atoms with Gasteiger partial charge in [-0.3, -0.25) is 4.79 Å². The highest BCUT2D eigenvalue weighted by atomic mass is 16.5. The highest BCUT2D eigenvalue weighted by Gasteiger charge is 2.18. The summed E-state index contributed by atoms with van der Waals surface area (Å²) in [5, 5.41) is 3.28. The highest BCUT2D eigenvalue weighted by molar-refractivity contribution is 5.70. The van der Waals surface area contributed by atoms with Gasteiger partial charge >= 0.3 is 5.97 Å². The summed E-state index contributed by atoms with van der Waals surface area (Å²) in [6, 6.07) is 10.1. The molecule has 0 saturated carbocycles. The van der Waals surface area contributed by atoms with Gasteiger partial charge in [0.25, 0.3) is 0 Å². The van der Waals surface area contributed by atoms with Gasteiger partial charge in [0.15, 0.2) is 0 Å². The molecule has 0 amide bonds. The SMILES string of the molecule is O=C(CC1CCCN1)OCc1ccccc1. The first-order chi connectivity index (χ1) is 7.84. The third-order valence-electron chi connectivity index (χ3n) is 2.82.